The number of nitrogens with one attached hydrogen (secondary N) is 2. The van der Waals surface area contributed by atoms with Gasteiger partial charge in [0.25, 0.3) is 10.0 Å². The number of hydrogen-bond donors (Lipinski definition) is 2. The molecule has 0 bridgehead atoms. The highest BCUT2D eigenvalue weighted by atomic mass is 32.2. The van der Waals surface area contributed by atoms with Gasteiger partial charge in [0, 0.05) is 0 Å². The Labute approximate surface area is 160 Å². The van der Waals surface area contributed by atoms with Crippen molar-refractivity contribution in [1.82, 2.24) is 0 Å². The normalized spacial score (nSPS) is 16.0. The zero-order valence-corrected chi connectivity index (χ0v) is 17.0. The molecule has 1 aliphatic heterocycles. The highest BCUT2D eigenvalue weighted by Crippen LogP contribution is 2.35. The van der Waals surface area contributed by atoms with Gasteiger partial charge in [-0.05, 0) is 75.6 Å². The van der Waals surface area contributed by atoms with Gasteiger partial charge in [-0.15, -0.1) is 0 Å². The molecule has 0 saturated carbocycles. The van der Waals surface area contributed by atoms with Crippen molar-refractivity contribution in [2.75, 3.05) is 16.6 Å². The fourth-order valence-electron chi connectivity index (χ4n) is 2.87. The van der Waals surface area contributed by atoms with Crippen molar-refractivity contribution >= 4 is 27.3 Å². The summed E-state index contributed by atoms with van der Waals surface area (Å²) in [5.41, 5.74) is 2.76. The highest BCUT2D eigenvalue weighted by Gasteiger charge is 2.32. The smallest absolute Gasteiger partial charge is 0.262 e. The number of hydrogen-bond acceptors (Lipinski definition) is 4. The molecule has 2 aromatic rings. The van der Waals surface area contributed by atoms with Crippen LogP contribution in [-0.2, 0) is 14.8 Å². The number of aryl methyl sites for hydroxylation is 3. The Bertz CT molecular complexity index is 1030. The molecule has 3 rings (SSSR count). The van der Waals surface area contributed by atoms with Crippen molar-refractivity contribution < 1.29 is 17.9 Å². The SMILES string of the molecule is Cc1cc(C)c(S(=O)(=O)Nc2ccc3c(c2)NC(=O)C(C)(C)CO3)cc1C. The summed E-state index contributed by atoms with van der Waals surface area (Å²) < 4.78 is 34.0. The molecule has 2 N–H and O–H groups in total. The second-order valence-electron chi connectivity index (χ2n) is 7.65. The van der Waals surface area contributed by atoms with E-state index in [1.807, 2.05) is 19.9 Å². The van der Waals surface area contributed by atoms with Crippen LogP contribution in [0, 0.1) is 26.2 Å². The monoisotopic (exact) mass is 388 g/mol. The first kappa shape index (κ1) is 19.2. The second-order valence-corrected chi connectivity index (χ2v) is 9.30. The quantitative estimate of drug-likeness (QED) is 0.838. The van der Waals surface area contributed by atoms with E-state index in [4.69, 9.17) is 4.74 Å². The van der Waals surface area contributed by atoms with E-state index in [2.05, 4.69) is 10.0 Å². The van der Waals surface area contributed by atoms with Gasteiger partial charge in [0.1, 0.15) is 12.4 Å². The van der Waals surface area contributed by atoms with Crippen molar-refractivity contribution in [1.29, 1.82) is 0 Å². The van der Waals surface area contributed by atoms with Crippen molar-refractivity contribution in [2.24, 2.45) is 5.41 Å². The van der Waals surface area contributed by atoms with Crippen molar-refractivity contribution in [3.05, 3.63) is 47.0 Å². The number of ether oxygens (including phenoxy) is 1. The summed E-state index contributed by atoms with van der Waals surface area (Å²) in [6, 6.07) is 8.38. The summed E-state index contributed by atoms with van der Waals surface area (Å²) in [6.07, 6.45) is 0. The van der Waals surface area contributed by atoms with Crippen LogP contribution in [0.4, 0.5) is 11.4 Å². The lowest BCUT2D eigenvalue weighted by Crippen LogP contribution is -2.33. The zero-order valence-electron chi connectivity index (χ0n) is 16.1. The van der Waals surface area contributed by atoms with Gasteiger partial charge < -0.3 is 10.1 Å². The van der Waals surface area contributed by atoms with Crippen LogP contribution in [0.1, 0.15) is 30.5 Å². The summed E-state index contributed by atoms with van der Waals surface area (Å²) in [6.45, 7) is 9.43. The molecule has 0 radical (unpaired) electrons. The van der Waals surface area contributed by atoms with Gasteiger partial charge in [-0.25, -0.2) is 8.42 Å². The van der Waals surface area contributed by atoms with Gasteiger partial charge in [0.2, 0.25) is 5.91 Å². The number of carbonyl (C=O) groups is 1. The second kappa shape index (κ2) is 6.56. The van der Waals surface area contributed by atoms with E-state index in [0.29, 0.717) is 22.7 Å². The van der Waals surface area contributed by atoms with Crippen LogP contribution in [0.2, 0.25) is 0 Å². The summed E-state index contributed by atoms with van der Waals surface area (Å²) in [4.78, 5) is 12.5. The number of rotatable bonds is 3. The molecule has 1 heterocycles. The predicted molar refractivity (Wildman–Crippen MR) is 106 cm³/mol. The summed E-state index contributed by atoms with van der Waals surface area (Å²) in [5, 5.41) is 2.81. The Morgan fingerprint density at radius 2 is 1.70 bits per heavy atom. The third-order valence-electron chi connectivity index (χ3n) is 4.76. The summed E-state index contributed by atoms with van der Waals surface area (Å²) in [5.74, 6) is 0.338. The fourth-order valence-corrected chi connectivity index (χ4v) is 4.23. The first-order valence-electron chi connectivity index (χ1n) is 8.68. The lowest BCUT2D eigenvalue weighted by molar-refractivity contribution is -0.124. The van der Waals surface area contributed by atoms with Gasteiger partial charge in [-0.1, -0.05) is 6.07 Å². The van der Waals surface area contributed by atoms with Gasteiger partial charge >= 0.3 is 0 Å². The lowest BCUT2D eigenvalue weighted by atomic mass is 9.94. The first-order valence-corrected chi connectivity index (χ1v) is 10.2. The molecule has 0 saturated heterocycles. The Hall–Kier alpha value is -2.54. The minimum atomic E-state index is -3.76. The van der Waals surface area contributed by atoms with Crippen LogP contribution in [0.25, 0.3) is 0 Å². The van der Waals surface area contributed by atoms with Crippen molar-refractivity contribution in [3.63, 3.8) is 0 Å². The lowest BCUT2D eigenvalue weighted by Gasteiger charge is -2.18. The van der Waals surface area contributed by atoms with Crippen LogP contribution in [0.3, 0.4) is 0 Å². The minimum absolute atomic E-state index is 0.175. The van der Waals surface area contributed by atoms with Gasteiger partial charge in [-0.2, -0.15) is 0 Å². The molecular weight excluding hydrogens is 364 g/mol. The van der Waals surface area contributed by atoms with Crippen LogP contribution in [0.5, 0.6) is 5.75 Å². The molecule has 0 unspecified atom stereocenters. The highest BCUT2D eigenvalue weighted by molar-refractivity contribution is 7.92. The maximum atomic E-state index is 12.9. The van der Waals surface area contributed by atoms with Gasteiger partial charge in [0.15, 0.2) is 0 Å². The van der Waals surface area contributed by atoms with Crippen LogP contribution in [-0.4, -0.2) is 20.9 Å². The zero-order chi connectivity index (χ0) is 20.0. The number of benzene rings is 2. The standard InChI is InChI=1S/C20H24N2O4S/c1-12-8-14(3)18(9-13(12)2)27(24,25)22-15-6-7-17-16(10-15)21-19(23)20(4,5)11-26-17/h6-10,22H,11H2,1-5H3,(H,21,23). The Kier molecular flexibility index (Phi) is 4.67. The number of carbonyl (C=O) groups excluding carboxylic acids is 1. The van der Waals surface area contributed by atoms with E-state index in [0.717, 1.165) is 11.1 Å². The van der Waals surface area contributed by atoms with Crippen LogP contribution >= 0.6 is 0 Å². The Balaban J connectivity index is 1.93. The first-order chi connectivity index (χ1) is 12.5. The average Bonchev–Trinajstić information content (AvgIpc) is 2.67. The molecule has 144 valence electrons. The molecule has 0 aromatic heterocycles. The number of anilines is 2. The Morgan fingerprint density at radius 1 is 1.04 bits per heavy atom. The third kappa shape index (κ3) is 3.78. The van der Waals surface area contributed by atoms with E-state index >= 15 is 0 Å². The van der Waals surface area contributed by atoms with E-state index < -0.39 is 15.4 Å². The van der Waals surface area contributed by atoms with Crippen LogP contribution in [0.15, 0.2) is 35.2 Å². The maximum Gasteiger partial charge on any atom is 0.262 e. The molecule has 27 heavy (non-hydrogen) atoms. The molecule has 1 amide bonds. The maximum absolute atomic E-state index is 12.9. The van der Waals surface area contributed by atoms with Gasteiger partial charge in [-0.3, -0.25) is 9.52 Å². The van der Waals surface area contributed by atoms with Crippen LogP contribution < -0.4 is 14.8 Å². The molecule has 2 aromatic carbocycles. The number of sulfonamides is 1. The molecule has 1 aliphatic rings. The summed E-state index contributed by atoms with van der Waals surface area (Å²) in [7, 11) is -3.76. The van der Waals surface area contributed by atoms with Gasteiger partial charge in [0.05, 0.1) is 21.7 Å². The topological polar surface area (TPSA) is 84.5 Å². The van der Waals surface area contributed by atoms with Crippen molar-refractivity contribution in [2.45, 2.75) is 39.5 Å². The fraction of sp³-hybridized carbons (Fsp3) is 0.350. The van der Waals surface area contributed by atoms with E-state index in [9.17, 15) is 13.2 Å². The van der Waals surface area contributed by atoms with E-state index in [-0.39, 0.29) is 17.4 Å². The average molecular weight is 388 g/mol. The van der Waals surface area contributed by atoms with E-state index in [1.54, 1.807) is 45.0 Å². The van der Waals surface area contributed by atoms with Crippen molar-refractivity contribution in [3.8, 4) is 5.75 Å². The molecule has 6 nitrogen and oxygen atoms in total. The number of fused-ring (bicyclic) bond motifs is 1. The molecule has 0 atom stereocenters. The molecule has 7 heteroatoms. The van der Waals surface area contributed by atoms with E-state index in [1.165, 1.54) is 0 Å². The number of amides is 1. The predicted octanol–water partition coefficient (Wildman–Crippen LogP) is 3.77. The minimum Gasteiger partial charge on any atom is -0.490 e. The third-order valence-corrected chi connectivity index (χ3v) is 6.29. The Morgan fingerprint density at radius 3 is 2.41 bits per heavy atom. The molecule has 0 spiro atoms. The molecular formula is C20H24N2O4S. The molecule has 0 fully saturated rings. The largest absolute Gasteiger partial charge is 0.490 e. The molecule has 0 aliphatic carbocycles. The summed E-state index contributed by atoms with van der Waals surface area (Å²) >= 11 is 0.